The Morgan fingerprint density at radius 1 is 1.64 bits per heavy atom. The van der Waals surface area contributed by atoms with E-state index in [0.717, 1.165) is 5.56 Å². The maximum absolute atomic E-state index is 5.63. The van der Waals surface area contributed by atoms with Gasteiger partial charge in [0, 0.05) is 5.56 Å². The van der Waals surface area contributed by atoms with Crippen LogP contribution in [-0.2, 0) is 5.88 Å². The SMILES string of the molecule is COc1cnc(Cl)cc1CCl. The second kappa shape index (κ2) is 3.79. The molecule has 1 aromatic heterocycles. The highest BCUT2D eigenvalue weighted by Crippen LogP contribution is 2.21. The number of nitrogens with zero attached hydrogens (tertiary/aromatic N) is 1. The molecule has 1 heterocycles. The molecule has 0 aromatic carbocycles. The first-order valence-corrected chi connectivity index (χ1v) is 3.93. The molecule has 0 aliphatic carbocycles. The first-order chi connectivity index (χ1) is 5.27. The van der Waals surface area contributed by atoms with E-state index in [4.69, 9.17) is 27.9 Å². The van der Waals surface area contributed by atoms with E-state index in [1.165, 1.54) is 0 Å². The highest BCUT2D eigenvalue weighted by atomic mass is 35.5. The minimum Gasteiger partial charge on any atom is -0.495 e. The number of hydrogen-bond donors (Lipinski definition) is 0. The van der Waals surface area contributed by atoms with E-state index in [1.54, 1.807) is 19.4 Å². The Balaban J connectivity index is 3.06. The number of methoxy groups -OCH3 is 1. The van der Waals surface area contributed by atoms with Crippen molar-refractivity contribution in [3.63, 3.8) is 0 Å². The maximum Gasteiger partial charge on any atom is 0.141 e. The molecule has 11 heavy (non-hydrogen) atoms. The Hall–Kier alpha value is -0.470. The summed E-state index contributed by atoms with van der Waals surface area (Å²) in [5, 5.41) is 0.432. The van der Waals surface area contributed by atoms with Crippen LogP contribution >= 0.6 is 23.2 Å². The normalized spacial score (nSPS) is 9.73. The quantitative estimate of drug-likeness (QED) is 0.530. The zero-order valence-electron chi connectivity index (χ0n) is 5.97. The molecule has 0 atom stereocenters. The second-order valence-electron chi connectivity index (χ2n) is 1.95. The Bertz CT molecular complexity index is 252. The predicted molar refractivity (Wildman–Crippen MR) is 45.4 cm³/mol. The molecule has 0 fully saturated rings. The van der Waals surface area contributed by atoms with Crippen molar-refractivity contribution in [3.8, 4) is 5.75 Å². The monoisotopic (exact) mass is 191 g/mol. The van der Waals surface area contributed by atoms with Crippen LogP contribution in [0.3, 0.4) is 0 Å². The van der Waals surface area contributed by atoms with Crippen molar-refractivity contribution in [2.75, 3.05) is 7.11 Å². The molecule has 0 radical (unpaired) electrons. The summed E-state index contributed by atoms with van der Waals surface area (Å²) in [6, 6.07) is 1.69. The topological polar surface area (TPSA) is 22.1 Å². The number of ether oxygens (including phenoxy) is 1. The van der Waals surface area contributed by atoms with Crippen molar-refractivity contribution >= 4 is 23.2 Å². The largest absolute Gasteiger partial charge is 0.495 e. The van der Waals surface area contributed by atoms with E-state index in [-0.39, 0.29) is 0 Å². The summed E-state index contributed by atoms with van der Waals surface area (Å²) in [7, 11) is 1.57. The highest BCUT2D eigenvalue weighted by molar-refractivity contribution is 6.29. The Kier molecular flexibility index (Phi) is 2.97. The fourth-order valence-electron chi connectivity index (χ4n) is 0.744. The van der Waals surface area contributed by atoms with Crippen LogP contribution in [0.4, 0.5) is 0 Å². The van der Waals surface area contributed by atoms with Crippen LogP contribution < -0.4 is 4.74 Å². The van der Waals surface area contributed by atoms with Gasteiger partial charge in [0.2, 0.25) is 0 Å². The molecule has 0 spiro atoms. The van der Waals surface area contributed by atoms with Crippen molar-refractivity contribution in [2.24, 2.45) is 0 Å². The molecule has 4 heteroatoms. The third kappa shape index (κ3) is 1.98. The van der Waals surface area contributed by atoms with E-state index >= 15 is 0 Å². The zero-order chi connectivity index (χ0) is 8.27. The number of halogens is 2. The third-order valence-electron chi connectivity index (χ3n) is 1.28. The molecule has 0 saturated carbocycles. The molecular weight excluding hydrogens is 185 g/mol. The Labute approximate surface area is 75.1 Å². The number of aromatic nitrogens is 1. The summed E-state index contributed by atoms with van der Waals surface area (Å²) in [5.74, 6) is 1.05. The summed E-state index contributed by atoms with van der Waals surface area (Å²) in [6.45, 7) is 0. The van der Waals surface area contributed by atoms with E-state index in [9.17, 15) is 0 Å². The Morgan fingerprint density at radius 2 is 2.36 bits per heavy atom. The van der Waals surface area contributed by atoms with Gasteiger partial charge in [0.25, 0.3) is 0 Å². The molecule has 0 unspecified atom stereocenters. The van der Waals surface area contributed by atoms with Gasteiger partial charge in [-0.25, -0.2) is 4.98 Å². The molecule has 60 valence electrons. The van der Waals surface area contributed by atoms with Gasteiger partial charge in [0.1, 0.15) is 10.9 Å². The van der Waals surface area contributed by atoms with Gasteiger partial charge in [-0.3, -0.25) is 0 Å². The first kappa shape index (κ1) is 8.62. The van der Waals surface area contributed by atoms with Crippen LogP contribution in [0.2, 0.25) is 5.15 Å². The number of pyridine rings is 1. The second-order valence-corrected chi connectivity index (χ2v) is 2.61. The smallest absolute Gasteiger partial charge is 0.141 e. The van der Waals surface area contributed by atoms with E-state index in [0.29, 0.717) is 16.8 Å². The average Bonchev–Trinajstić information content (AvgIpc) is 2.04. The lowest BCUT2D eigenvalue weighted by Gasteiger charge is -2.03. The number of rotatable bonds is 2. The molecular formula is C7H7Cl2NO. The standard InChI is InChI=1S/C7H7Cl2NO/c1-11-6-4-10-7(9)2-5(6)3-8/h2,4H,3H2,1H3. The highest BCUT2D eigenvalue weighted by Gasteiger charge is 2.01. The fraction of sp³-hybridized carbons (Fsp3) is 0.286. The fourth-order valence-corrected chi connectivity index (χ4v) is 1.13. The average molecular weight is 192 g/mol. The molecule has 0 bridgehead atoms. The van der Waals surface area contributed by atoms with Gasteiger partial charge in [-0.1, -0.05) is 11.6 Å². The lowest BCUT2D eigenvalue weighted by atomic mass is 10.3. The van der Waals surface area contributed by atoms with Gasteiger partial charge in [-0.05, 0) is 6.07 Å². The van der Waals surface area contributed by atoms with Gasteiger partial charge < -0.3 is 4.74 Å². The minimum atomic E-state index is 0.380. The predicted octanol–water partition coefficient (Wildman–Crippen LogP) is 2.48. The molecule has 0 aliphatic rings. The van der Waals surface area contributed by atoms with Crippen LogP contribution in [0.5, 0.6) is 5.75 Å². The van der Waals surface area contributed by atoms with Crippen molar-refractivity contribution < 1.29 is 4.74 Å². The van der Waals surface area contributed by atoms with Crippen LogP contribution in [0.15, 0.2) is 12.3 Å². The summed E-state index contributed by atoms with van der Waals surface area (Å²) in [4.78, 5) is 3.84. The zero-order valence-corrected chi connectivity index (χ0v) is 7.49. The lowest BCUT2D eigenvalue weighted by Crippen LogP contribution is -1.90. The molecule has 1 aromatic rings. The number of alkyl halides is 1. The van der Waals surface area contributed by atoms with Crippen molar-refractivity contribution in [1.29, 1.82) is 0 Å². The van der Waals surface area contributed by atoms with Crippen LogP contribution in [0.1, 0.15) is 5.56 Å². The molecule has 0 N–H and O–H groups in total. The lowest BCUT2D eigenvalue weighted by molar-refractivity contribution is 0.409. The summed E-state index contributed by atoms with van der Waals surface area (Å²) >= 11 is 11.2. The van der Waals surface area contributed by atoms with Crippen molar-refractivity contribution in [2.45, 2.75) is 5.88 Å². The van der Waals surface area contributed by atoms with Gasteiger partial charge in [-0.15, -0.1) is 11.6 Å². The molecule has 2 nitrogen and oxygen atoms in total. The molecule has 0 aliphatic heterocycles. The molecule has 0 saturated heterocycles. The van der Waals surface area contributed by atoms with Crippen LogP contribution in [0.25, 0.3) is 0 Å². The molecule has 1 rings (SSSR count). The third-order valence-corrected chi connectivity index (χ3v) is 1.77. The summed E-state index contributed by atoms with van der Waals surface area (Å²) in [6.07, 6.45) is 1.56. The summed E-state index contributed by atoms with van der Waals surface area (Å²) in [5.41, 5.74) is 0.856. The van der Waals surface area contributed by atoms with Gasteiger partial charge in [0.05, 0.1) is 19.2 Å². The van der Waals surface area contributed by atoms with Crippen molar-refractivity contribution in [3.05, 3.63) is 23.0 Å². The minimum absolute atomic E-state index is 0.380. The van der Waals surface area contributed by atoms with Gasteiger partial charge >= 0.3 is 0 Å². The van der Waals surface area contributed by atoms with E-state index < -0.39 is 0 Å². The Morgan fingerprint density at radius 3 is 2.91 bits per heavy atom. The van der Waals surface area contributed by atoms with Crippen LogP contribution in [-0.4, -0.2) is 12.1 Å². The van der Waals surface area contributed by atoms with E-state index in [1.807, 2.05) is 0 Å². The van der Waals surface area contributed by atoms with Crippen molar-refractivity contribution in [1.82, 2.24) is 4.98 Å². The van der Waals surface area contributed by atoms with Crippen LogP contribution in [0, 0.1) is 0 Å². The molecule has 0 amide bonds. The maximum atomic E-state index is 5.63. The summed E-state index contributed by atoms with van der Waals surface area (Å²) < 4.78 is 4.99. The first-order valence-electron chi connectivity index (χ1n) is 3.02. The number of hydrogen-bond acceptors (Lipinski definition) is 2. The van der Waals surface area contributed by atoms with Gasteiger partial charge in [-0.2, -0.15) is 0 Å². The van der Waals surface area contributed by atoms with E-state index in [2.05, 4.69) is 4.98 Å². The van der Waals surface area contributed by atoms with Gasteiger partial charge in [0.15, 0.2) is 0 Å².